The number of nitrogens with one attached hydrogen (secondary N) is 2. The van der Waals surface area contributed by atoms with Crippen LogP contribution in [0.2, 0.25) is 0 Å². The molecule has 4 rings (SSSR count). The Kier molecular flexibility index (Phi) is 6.87. The second-order valence-corrected chi connectivity index (χ2v) is 7.79. The summed E-state index contributed by atoms with van der Waals surface area (Å²) in [6.07, 6.45) is 3.32. The first-order chi connectivity index (χ1) is 16.1. The number of para-hydroxylation sites is 2. The lowest BCUT2D eigenvalue weighted by molar-refractivity contribution is -0.113. The summed E-state index contributed by atoms with van der Waals surface area (Å²) >= 11 is 0. The van der Waals surface area contributed by atoms with Gasteiger partial charge in [0.15, 0.2) is 0 Å². The van der Waals surface area contributed by atoms with E-state index in [1.54, 1.807) is 23.9 Å². The molecule has 172 valence electrons. The standard InChI is InChI=1S/C24H28N6O3/c1-4-5-8-15-33-18-13-11-17(12-14-18)22-21(16(2)25-24-27-28-29-30(22)24)23(31)26-19-9-6-7-10-20(19)32-3/h6-7,9-14,22H,4-5,8,15H2,1-3H3,(H,26,31)(H,25,27,29). The van der Waals surface area contributed by atoms with E-state index in [0.717, 1.165) is 30.6 Å². The van der Waals surface area contributed by atoms with E-state index < -0.39 is 6.04 Å². The Hall–Kier alpha value is -3.88. The van der Waals surface area contributed by atoms with Crippen LogP contribution in [0.4, 0.5) is 11.6 Å². The SMILES string of the molecule is CCCCCOc1ccc(C2C(C(=O)Nc3ccccc3OC)=C(C)Nc3nnnn32)cc1. The molecule has 1 aliphatic heterocycles. The Labute approximate surface area is 192 Å². The van der Waals surface area contributed by atoms with Crippen molar-refractivity contribution >= 4 is 17.5 Å². The number of hydrogen-bond acceptors (Lipinski definition) is 7. The second kappa shape index (κ2) is 10.2. The van der Waals surface area contributed by atoms with E-state index in [-0.39, 0.29) is 5.91 Å². The van der Waals surface area contributed by atoms with Crippen molar-refractivity contribution in [1.82, 2.24) is 20.2 Å². The van der Waals surface area contributed by atoms with Crippen molar-refractivity contribution in [3.8, 4) is 11.5 Å². The van der Waals surface area contributed by atoms with Gasteiger partial charge in [0.05, 0.1) is 25.0 Å². The van der Waals surface area contributed by atoms with Gasteiger partial charge in [-0.05, 0) is 53.6 Å². The number of anilines is 2. The van der Waals surface area contributed by atoms with Gasteiger partial charge in [-0.3, -0.25) is 4.79 Å². The molecule has 3 aromatic rings. The van der Waals surface area contributed by atoms with Gasteiger partial charge in [0.1, 0.15) is 17.5 Å². The first-order valence-electron chi connectivity index (χ1n) is 11.0. The number of unbranched alkanes of at least 4 members (excludes halogenated alkanes) is 2. The average molecular weight is 449 g/mol. The third-order valence-corrected chi connectivity index (χ3v) is 5.53. The molecule has 0 bridgehead atoms. The highest BCUT2D eigenvalue weighted by molar-refractivity contribution is 6.06. The minimum absolute atomic E-state index is 0.268. The highest BCUT2D eigenvalue weighted by atomic mass is 16.5. The Morgan fingerprint density at radius 3 is 2.70 bits per heavy atom. The monoisotopic (exact) mass is 448 g/mol. The lowest BCUT2D eigenvalue weighted by atomic mass is 9.95. The number of tetrazole rings is 1. The van der Waals surface area contributed by atoms with Crippen molar-refractivity contribution in [2.75, 3.05) is 24.4 Å². The lowest BCUT2D eigenvalue weighted by Gasteiger charge is -2.28. The summed E-state index contributed by atoms with van der Waals surface area (Å²) < 4.78 is 12.8. The van der Waals surface area contributed by atoms with E-state index in [1.165, 1.54) is 0 Å². The number of ether oxygens (including phenoxy) is 2. The molecule has 33 heavy (non-hydrogen) atoms. The van der Waals surface area contributed by atoms with Gasteiger partial charge in [-0.15, -0.1) is 0 Å². The third-order valence-electron chi connectivity index (χ3n) is 5.53. The Morgan fingerprint density at radius 2 is 1.94 bits per heavy atom. The maximum absolute atomic E-state index is 13.5. The first-order valence-corrected chi connectivity index (χ1v) is 11.0. The van der Waals surface area contributed by atoms with Gasteiger partial charge in [0.2, 0.25) is 5.95 Å². The quantitative estimate of drug-likeness (QED) is 0.473. The summed E-state index contributed by atoms with van der Waals surface area (Å²) in [5.74, 6) is 1.58. The van der Waals surface area contributed by atoms with Gasteiger partial charge in [-0.25, -0.2) is 0 Å². The molecular weight excluding hydrogens is 420 g/mol. The molecule has 0 spiro atoms. The number of fused-ring (bicyclic) bond motifs is 1. The first kappa shape index (κ1) is 22.3. The van der Waals surface area contributed by atoms with Crippen LogP contribution in [0.15, 0.2) is 59.8 Å². The van der Waals surface area contributed by atoms with E-state index >= 15 is 0 Å². The van der Waals surface area contributed by atoms with E-state index in [9.17, 15) is 4.79 Å². The van der Waals surface area contributed by atoms with Crippen LogP contribution in [-0.2, 0) is 4.79 Å². The van der Waals surface area contributed by atoms with Crippen molar-refractivity contribution in [2.24, 2.45) is 0 Å². The molecular formula is C24H28N6O3. The predicted octanol–water partition coefficient (Wildman–Crippen LogP) is 4.18. The summed E-state index contributed by atoms with van der Waals surface area (Å²) in [7, 11) is 1.57. The van der Waals surface area contributed by atoms with Gasteiger partial charge in [-0.1, -0.05) is 49.1 Å². The molecule has 1 unspecified atom stereocenters. The number of nitrogens with zero attached hydrogens (tertiary/aromatic N) is 4. The Balaban J connectivity index is 1.62. The molecule has 1 aliphatic rings. The van der Waals surface area contributed by atoms with Crippen molar-refractivity contribution in [3.05, 3.63) is 65.4 Å². The molecule has 2 heterocycles. The smallest absolute Gasteiger partial charge is 0.255 e. The van der Waals surface area contributed by atoms with Crippen molar-refractivity contribution in [2.45, 2.75) is 39.2 Å². The van der Waals surface area contributed by atoms with Crippen LogP contribution < -0.4 is 20.1 Å². The molecule has 2 N–H and O–H groups in total. The summed E-state index contributed by atoms with van der Waals surface area (Å²) in [5.41, 5.74) is 2.64. The number of carbonyl (C=O) groups is 1. The molecule has 9 nitrogen and oxygen atoms in total. The van der Waals surface area contributed by atoms with Crippen LogP contribution in [0.25, 0.3) is 0 Å². The summed E-state index contributed by atoms with van der Waals surface area (Å²) in [4.78, 5) is 13.5. The average Bonchev–Trinajstić information content (AvgIpc) is 3.29. The highest BCUT2D eigenvalue weighted by Crippen LogP contribution is 2.36. The zero-order valence-electron chi connectivity index (χ0n) is 19.0. The maximum Gasteiger partial charge on any atom is 0.255 e. The highest BCUT2D eigenvalue weighted by Gasteiger charge is 2.34. The van der Waals surface area contributed by atoms with Crippen molar-refractivity contribution in [3.63, 3.8) is 0 Å². The zero-order valence-corrected chi connectivity index (χ0v) is 19.0. The second-order valence-electron chi connectivity index (χ2n) is 7.79. The molecule has 0 saturated heterocycles. The van der Waals surface area contributed by atoms with Crippen LogP contribution in [0.1, 0.15) is 44.7 Å². The fourth-order valence-electron chi connectivity index (χ4n) is 3.84. The molecule has 1 amide bonds. The number of carbonyl (C=O) groups excluding carboxylic acids is 1. The lowest BCUT2D eigenvalue weighted by Crippen LogP contribution is -2.31. The number of allylic oxidation sites excluding steroid dienone is 1. The number of benzene rings is 2. The van der Waals surface area contributed by atoms with Crippen LogP contribution in [0.3, 0.4) is 0 Å². The Bertz CT molecular complexity index is 1140. The number of rotatable bonds is 9. The predicted molar refractivity (Wildman–Crippen MR) is 125 cm³/mol. The number of methoxy groups -OCH3 is 1. The van der Waals surface area contributed by atoms with Crippen molar-refractivity contribution < 1.29 is 14.3 Å². The van der Waals surface area contributed by atoms with Crippen LogP contribution in [0, 0.1) is 0 Å². The molecule has 0 aliphatic carbocycles. The van der Waals surface area contributed by atoms with Crippen molar-refractivity contribution in [1.29, 1.82) is 0 Å². The molecule has 9 heteroatoms. The van der Waals surface area contributed by atoms with Gasteiger partial charge >= 0.3 is 0 Å². The van der Waals surface area contributed by atoms with Gasteiger partial charge in [0.25, 0.3) is 5.91 Å². The Morgan fingerprint density at radius 1 is 1.15 bits per heavy atom. The molecule has 0 saturated carbocycles. The van der Waals surface area contributed by atoms with Gasteiger partial charge < -0.3 is 20.1 Å². The molecule has 2 aromatic carbocycles. The summed E-state index contributed by atoms with van der Waals surface area (Å²) in [5, 5.41) is 18.1. The van der Waals surface area contributed by atoms with E-state index in [1.807, 2.05) is 43.3 Å². The summed E-state index contributed by atoms with van der Waals surface area (Å²) in [6.45, 7) is 4.69. The minimum Gasteiger partial charge on any atom is -0.495 e. The number of hydrogen-bond donors (Lipinski definition) is 2. The fourth-order valence-corrected chi connectivity index (χ4v) is 3.84. The topological polar surface area (TPSA) is 103 Å². The summed E-state index contributed by atoms with van der Waals surface area (Å²) in [6, 6.07) is 14.5. The third kappa shape index (κ3) is 4.82. The van der Waals surface area contributed by atoms with Crippen LogP contribution in [0.5, 0.6) is 11.5 Å². The van der Waals surface area contributed by atoms with Gasteiger partial charge in [0, 0.05) is 5.70 Å². The van der Waals surface area contributed by atoms with E-state index in [0.29, 0.717) is 35.3 Å². The van der Waals surface area contributed by atoms with Crippen LogP contribution >= 0.6 is 0 Å². The van der Waals surface area contributed by atoms with E-state index in [2.05, 4.69) is 33.1 Å². The minimum atomic E-state index is -0.500. The number of aromatic nitrogens is 4. The number of amides is 1. The fraction of sp³-hybridized carbons (Fsp3) is 0.333. The molecule has 1 atom stereocenters. The normalized spacial score (nSPS) is 14.9. The van der Waals surface area contributed by atoms with Crippen LogP contribution in [-0.4, -0.2) is 39.8 Å². The largest absolute Gasteiger partial charge is 0.495 e. The molecule has 0 fully saturated rings. The molecule has 1 aromatic heterocycles. The molecule has 0 radical (unpaired) electrons. The zero-order chi connectivity index (χ0) is 23.2. The van der Waals surface area contributed by atoms with Gasteiger partial charge in [-0.2, -0.15) is 4.68 Å². The van der Waals surface area contributed by atoms with E-state index in [4.69, 9.17) is 9.47 Å². The maximum atomic E-state index is 13.5.